The number of rotatable bonds is 6. The van der Waals surface area contributed by atoms with E-state index in [1.165, 1.54) is 14.2 Å². The molecule has 142 valence electrons. The van der Waals surface area contributed by atoms with Crippen LogP contribution in [0.2, 0.25) is 0 Å². The number of ether oxygens (including phenoxy) is 2. The van der Waals surface area contributed by atoms with Crippen LogP contribution in [0, 0.1) is 0 Å². The maximum Gasteiger partial charge on any atom is 0.358 e. The van der Waals surface area contributed by atoms with Crippen molar-refractivity contribution in [1.82, 2.24) is 15.0 Å². The van der Waals surface area contributed by atoms with Crippen LogP contribution in [0.1, 0.15) is 21.0 Å². The fourth-order valence-electron chi connectivity index (χ4n) is 2.39. The third kappa shape index (κ3) is 4.21. The molecule has 0 aromatic carbocycles. The Bertz CT molecular complexity index is 904. The number of methoxy groups -OCH3 is 2. The fraction of sp³-hybridized carbons (Fsp3) is 0.105. The molecule has 0 spiro atoms. The standard InChI is InChI=1S/C19H17N5O4/c1-27-18(25)16-14(22-12-3-7-20-8-4-12)11-15(17(24-16)19(26)28-2)23-13-5-9-21-10-6-13/h3-11H,1-2H3,(H,20,22)(H,21,23). The zero-order valence-electron chi connectivity index (χ0n) is 15.2. The number of hydrogen-bond donors (Lipinski definition) is 2. The second-order valence-corrected chi connectivity index (χ2v) is 5.49. The summed E-state index contributed by atoms with van der Waals surface area (Å²) in [5, 5.41) is 6.18. The molecule has 0 saturated carbocycles. The monoisotopic (exact) mass is 379 g/mol. The second-order valence-electron chi connectivity index (χ2n) is 5.49. The maximum atomic E-state index is 12.2. The van der Waals surface area contributed by atoms with E-state index in [1.54, 1.807) is 55.1 Å². The molecule has 9 nitrogen and oxygen atoms in total. The molecule has 28 heavy (non-hydrogen) atoms. The van der Waals surface area contributed by atoms with Crippen LogP contribution in [0.5, 0.6) is 0 Å². The van der Waals surface area contributed by atoms with E-state index in [0.717, 1.165) is 0 Å². The summed E-state index contributed by atoms with van der Waals surface area (Å²) < 4.78 is 9.61. The number of pyridine rings is 3. The first-order chi connectivity index (χ1) is 13.6. The van der Waals surface area contributed by atoms with Crippen LogP contribution in [0.25, 0.3) is 0 Å². The Hall–Kier alpha value is -4.01. The van der Waals surface area contributed by atoms with Gasteiger partial charge in [0.2, 0.25) is 0 Å². The minimum Gasteiger partial charge on any atom is -0.464 e. The first-order valence-corrected chi connectivity index (χ1v) is 8.18. The Morgan fingerprint density at radius 2 is 1.14 bits per heavy atom. The Morgan fingerprint density at radius 3 is 1.50 bits per heavy atom. The highest BCUT2D eigenvalue weighted by atomic mass is 16.5. The molecule has 0 fully saturated rings. The summed E-state index contributed by atoms with van der Waals surface area (Å²) in [6.07, 6.45) is 6.41. The van der Waals surface area contributed by atoms with Gasteiger partial charge in [-0.25, -0.2) is 14.6 Å². The summed E-state index contributed by atoms with van der Waals surface area (Å²) in [7, 11) is 2.47. The SMILES string of the molecule is COC(=O)c1nc(C(=O)OC)c(Nc2ccncc2)cc1Nc1ccncc1. The fourth-order valence-corrected chi connectivity index (χ4v) is 2.39. The summed E-state index contributed by atoms with van der Waals surface area (Å²) in [5.74, 6) is -1.39. The first kappa shape index (κ1) is 18.8. The van der Waals surface area contributed by atoms with Gasteiger partial charge in [-0.2, -0.15) is 0 Å². The lowest BCUT2D eigenvalue weighted by molar-refractivity contribution is 0.0587. The third-order valence-electron chi connectivity index (χ3n) is 3.70. The zero-order valence-corrected chi connectivity index (χ0v) is 15.2. The van der Waals surface area contributed by atoms with E-state index in [9.17, 15) is 9.59 Å². The predicted molar refractivity (Wildman–Crippen MR) is 102 cm³/mol. The highest BCUT2D eigenvalue weighted by Crippen LogP contribution is 2.29. The van der Waals surface area contributed by atoms with Crippen molar-refractivity contribution in [3.05, 3.63) is 66.5 Å². The van der Waals surface area contributed by atoms with Gasteiger partial charge in [-0.15, -0.1) is 0 Å². The molecule has 0 radical (unpaired) electrons. The maximum absolute atomic E-state index is 12.2. The third-order valence-corrected chi connectivity index (χ3v) is 3.70. The summed E-state index contributed by atoms with van der Waals surface area (Å²) in [6.45, 7) is 0. The lowest BCUT2D eigenvalue weighted by atomic mass is 10.2. The van der Waals surface area contributed by atoms with Crippen molar-refractivity contribution in [1.29, 1.82) is 0 Å². The van der Waals surface area contributed by atoms with E-state index in [1.807, 2.05) is 0 Å². The molecule has 0 saturated heterocycles. The number of carbonyl (C=O) groups is 2. The summed E-state index contributed by atoms with van der Waals surface area (Å²) in [4.78, 5) is 36.6. The van der Waals surface area contributed by atoms with Gasteiger partial charge in [0.1, 0.15) is 0 Å². The topological polar surface area (TPSA) is 115 Å². The number of carbonyl (C=O) groups excluding carboxylic acids is 2. The molecular formula is C19H17N5O4. The number of aromatic nitrogens is 3. The van der Waals surface area contributed by atoms with Crippen LogP contribution in [-0.4, -0.2) is 41.1 Å². The molecule has 0 atom stereocenters. The van der Waals surface area contributed by atoms with E-state index in [-0.39, 0.29) is 11.4 Å². The highest BCUT2D eigenvalue weighted by Gasteiger charge is 2.23. The molecule has 0 unspecified atom stereocenters. The number of nitrogens with one attached hydrogen (secondary N) is 2. The van der Waals surface area contributed by atoms with Gasteiger partial charge < -0.3 is 20.1 Å². The molecule has 3 heterocycles. The Kier molecular flexibility index (Phi) is 5.75. The Morgan fingerprint density at radius 1 is 0.750 bits per heavy atom. The Labute approximate surface area is 160 Å². The van der Waals surface area contributed by atoms with Crippen molar-refractivity contribution in [2.45, 2.75) is 0 Å². The van der Waals surface area contributed by atoms with Crippen molar-refractivity contribution in [3.8, 4) is 0 Å². The van der Waals surface area contributed by atoms with Crippen LogP contribution in [0.15, 0.2) is 55.1 Å². The van der Waals surface area contributed by atoms with Crippen molar-refractivity contribution in [3.63, 3.8) is 0 Å². The van der Waals surface area contributed by atoms with E-state index in [4.69, 9.17) is 9.47 Å². The van der Waals surface area contributed by atoms with E-state index in [2.05, 4.69) is 25.6 Å². The van der Waals surface area contributed by atoms with Crippen LogP contribution >= 0.6 is 0 Å². The van der Waals surface area contributed by atoms with Crippen LogP contribution in [-0.2, 0) is 9.47 Å². The van der Waals surface area contributed by atoms with Gasteiger partial charge in [0, 0.05) is 36.2 Å². The van der Waals surface area contributed by atoms with Gasteiger partial charge in [0.25, 0.3) is 0 Å². The molecule has 3 aromatic heterocycles. The Balaban J connectivity index is 2.11. The normalized spacial score (nSPS) is 10.1. The smallest absolute Gasteiger partial charge is 0.358 e. The van der Waals surface area contributed by atoms with Gasteiger partial charge in [0.15, 0.2) is 11.4 Å². The van der Waals surface area contributed by atoms with E-state index < -0.39 is 11.9 Å². The summed E-state index contributed by atoms with van der Waals surface area (Å²) in [6, 6.07) is 8.50. The van der Waals surface area contributed by atoms with Gasteiger partial charge >= 0.3 is 11.9 Å². The van der Waals surface area contributed by atoms with E-state index >= 15 is 0 Å². The van der Waals surface area contributed by atoms with Crippen molar-refractivity contribution in [2.24, 2.45) is 0 Å². The molecule has 0 aliphatic rings. The largest absolute Gasteiger partial charge is 0.464 e. The lowest BCUT2D eigenvalue weighted by Gasteiger charge is -2.16. The number of nitrogens with zero attached hydrogens (tertiary/aromatic N) is 3. The van der Waals surface area contributed by atoms with Crippen LogP contribution < -0.4 is 10.6 Å². The highest BCUT2D eigenvalue weighted by molar-refractivity contribution is 6.01. The summed E-state index contributed by atoms with van der Waals surface area (Å²) >= 11 is 0. The molecule has 0 bridgehead atoms. The quantitative estimate of drug-likeness (QED) is 0.624. The molecular weight excluding hydrogens is 362 g/mol. The van der Waals surface area contributed by atoms with Crippen molar-refractivity contribution < 1.29 is 19.1 Å². The lowest BCUT2D eigenvalue weighted by Crippen LogP contribution is -2.15. The number of anilines is 4. The number of hydrogen-bond acceptors (Lipinski definition) is 9. The first-order valence-electron chi connectivity index (χ1n) is 8.18. The molecule has 0 aliphatic heterocycles. The van der Waals surface area contributed by atoms with Crippen molar-refractivity contribution >= 4 is 34.7 Å². The number of esters is 2. The van der Waals surface area contributed by atoms with Crippen LogP contribution in [0.3, 0.4) is 0 Å². The molecule has 3 aromatic rings. The zero-order chi connectivity index (χ0) is 19.9. The molecule has 9 heteroatoms. The van der Waals surface area contributed by atoms with E-state index in [0.29, 0.717) is 22.7 Å². The summed E-state index contributed by atoms with van der Waals surface area (Å²) in [5.41, 5.74) is 1.95. The van der Waals surface area contributed by atoms with Gasteiger partial charge in [-0.3, -0.25) is 9.97 Å². The van der Waals surface area contributed by atoms with Crippen molar-refractivity contribution in [2.75, 3.05) is 24.9 Å². The minimum atomic E-state index is -0.697. The predicted octanol–water partition coefficient (Wildman–Crippen LogP) is 2.93. The van der Waals surface area contributed by atoms with Gasteiger partial charge in [-0.1, -0.05) is 0 Å². The molecule has 0 amide bonds. The second kappa shape index (κ2) is 8.58. The average Bonchev–Trinajstić information content (AvgIpc) is 2.74. The van der Waals surface area contributed by atoms with Gasteiger partial charge in [-0.05, 0) is 30.3 Å². The van der Waals surface area contributed by atoms with Gasteiger partial charge in [0.05, 0.1) is 25.6 Å². The minimum absolute atomic E-state index is 0.0556. The average molecular weight is 379 g/mol. The molecule has 2 N–H and O–H groups in total. The van der Waals surface area contributed by atoms with Crippen LogP contribution in [0.4, 0.5) is 22.7 Å². The molecule has 0 aliphatic carbocycles. The molecule has 3 rings (SSSR count).